The van der Waals surface area contributed by atoms with Gasteiger partial charge in [-0.05, 0) is 49.4 Å². The van der Waals surface area contributed by atoms with Gasteiger partial charge >= 0.3 is 0 Å². The second-order valence-electron chi connectivity index (χ2n) is 9.41. The van der Waals surface area contributed by atoms with Crippen molar-refractivity contribution in [1.29, 1.82) is 0 Å². The van der Waals surface area contributed by atoms with Gasteiger partial charge in [-0.2, -0.15) is 0 Å². The van der Waals surface area contributed by atoms with Crippen LogP contribution in [0.4, 0.5) is 0 Å². The largest absolute Gasteiger partial charge is 0.377 e. The quantitative estimate of drug-likeness (QED) is 0.237. The van der Waals surface area contributed by atoms with E-state index in [2.05, 4.69) is 13.5 Å². The summed E-state index contributed by atoms with van der Waals surface area (Å²) >= 11 is 0. The third-order valence-corrected chi connectivity index (χ3v) is 7.36. The summed E-state index contributed by atoms with van der Waals surface area (Å²) in [5, 5.41) is 0. The van der Waals surface area contributed by atoms with Gasteiger partial charge in [0.05, 0.1) is 13.2 Å². The van der Waals surface area contributed by atoms with E-state index < -0.39 is 0 Å². The molecule has 0 aliphatic heterocycles. The summed E-state index contributed by atoms with van der Waals surface area (Å²) < 4.78 is 6.00. The third kappa shape index (κ3) is 7.75. The Morgan fingerprint density at radius 2 is 1.46 bits per heavy atom. The fourth-order valence-electron chi connectivity index (χ4n) is 5.61. The lowest BCUT2D eigenvalue weighted by Gasteiger charge is -2.43. The number of ether oxygens (including phenoxy) is 1. The molecule has 0 amide bonds. The highest BCUT2D eigenvalue weighted by atomic mass is 16.5. The Hall–Kier alpha value is -0.300. The SMILES string of the molecule is C=CCOC[C@]1(CCCCCCCCC)CC[C@H](C2CCCCC2)CC1. The number of hydrogen-bond acceptors (Lipinski definition) is 1. The van der Waals surface area contributed by atoms with Crippen LogP contribution in [0.1, 0.15) is 116 Å². The molecule has 0 atom stereocenters. The molecule has 26 heavy (non-hydrogen) atoms. The summed E-state index contributed by atoms with van der Waals surface area (Å²) in [5.41, 5.74) is 0.484. The first kappa shape index (κ1) is 22.0. The maximum absolute atomic E-state index is 6.00. The molecule has 2 aliphatic rings. The molecule has 2 rings (SSSR count). The number of rotatable bonds is 13. The average molecular weight is 363 g/mol. The van der Waals surface area contributed by atoms with Gasteiger partial charge in [-0.1, -0.05) is 90.0 Å². The van der Waals surface area contributed by atoms with Gasteiger partial charge in [0.1, 0.15) is 0 Å². The van der Waals surface area contributed by atoms with Gasteiger partial charge in [0.2, 0.25) is 0 Å². The van der Waals surface area contributed by atoms with E-state index in [1.807, 2.05) is 6.08 Å². The topological polar surface area (TPSA) is 9.23 Å². The molecule has 0 unspecified atom stereocenters. The highest BCUT2D eigenvalue weighted by molar-refractivity contribution is 4.89. The molecule has 1 heteroatoms. The van der Waals surface area contributed by atoms with E-state index in [4.69, 9.17) is 4.74 Å². The van der Waals surface area contributed by atoms with Crippen molar-refractivity contribution >= 4 is 0 Å². The van der Waals surface area contributed by atoms with Crippen LogP contribution in [0.5, 0.6) is 0 Å². The molecular weight excluding hydrogens is 316 g/mol. The fraction of sp³-hybridized carbons (Fsp3) is 0.920. The van der Waals surface area contributed by atoms with Crippen LogP contribution in [0.2, 0.25) is 0 Å². The lowest BCUT2D eigenvalue weighted by atomic mass is 9.64. The summed E-state index contributed by atoms with van der Waals surface area (Å²) in [6.07, 6.45) is 26.5. The summed E-state index contributed by atoms with van der Waals surface area (Å²) in [5.74, 6) is 2.08. The van der Waals surface area contributed by atoms with Crippen molar-refractivity contribution in [1.82, 2.24) is 0 Å². The van der Waals surface area contributed by atoms with Gasteiger partial charge in [-0.25, -0.2) is 0 Å². The van der Waals surface area contributed by atoms with Crippen molar-refractivity contribution in [2.45, 2.75) is 116 Å². The van der Waals surface area contributed by atoms with Crippen molar-refractivity contribution < 1.29 is 4.74 Å². The van der Waals surface area contributed by atoms with Gasteiger partial charge in [-0.3, -0.25) is 0 Å². The molecule has 0 aromatic carbocycles. The van der Waals surface area contributed by atoms with E-state index in [0.717, 1.165) is 25.0 Å². The minimum absolute atomic E-state index is 0.484. The Labute approximate surface area is 164 Å². The molecule has 0 aromatic heterocycles. The molecule has 0 heterocycles. The first-order valence-electron chi connectivity index (χ1n) is 12.0. The molecule has 0 N–H and O–H groups in total. The van der Waals surface area contributed by atoms with Crippen LogP contribution in [0.15, 0.2) is 12.7 Å². The molecule has 0 saturated heterocycles. The minimum Gasteiger partial charge on any atom is -0.377 e. The van der Waals surface area contributed by atoms with Crippen LogP contribution in [-0.2, 0) is 4.74 Å². The summed E-state index contributed by atoms with van der Waals surface area (Å²) in [7, 11) is 0. The highest BCUT2D eigenvalue weighted by Crippen LogP contribution is 2.47. The van der Waals surface area contributed by atoms with Crippen LogP contribution >= 0.6 is 0 Å². The third-order valence-electron chi connectivity index (χ3n) is 7.36. The first-order valence-corrected chi connectivity index (χ1v) is 12.0. The first-order chi connectivity index (χ1) is 12.8. The summed E-state index contributed by atoms with van der Waals surface area (Å²) in [4.78, 5) is 0. The van der Waals surface area contributed by atoms with E-state index in [0.29, 0.717) is 5.41 Å². The van der Waals surface area contributed by atoms with Crippen molar-refractivity contribution in [2.75, 3.05) is 13.2 Å². The smallest absolute Gasteiger partial charge is 0.0645 e. The van der Waals surface area contributed by atoms with E-state index in [1.54, 1.807) is 0 Å². The van der Waals surface area contributed by atoms with Gasteiger partial charge in [-0.15, -0.1) is 6.58 Å². The van der Waals surface area contributed by atoms with E-state index in [9.17, 15) is 0 Å². The van der Waals surface area contributed by atoms with E-state index >= 15 is 0 Å². The van der Waals surface area contributed by atoms with Crippen LogP contribution in [0.25, 0.3) is 0 Å². The fourth-order valence-corrected chi connectivity index (χ4v) is 5.61. The molecule has 1 nitrogen and oxygen atoms in total. The maximum Gasteiger partial charge on any atom is 0.0645 e. The van der Waals surface area contributed by atoms with Crippen LogP contribution in [-0.4, -0.2) is 13.2 Å². The van der Waals surface area contributed by atoms with E-state index in [1.165, 1.54) is 109 Å². The van der Waals surface area contributed by atoms with Gasteiger partial charge < -0.3 is 4.74 Å². The Bertz CT molecular complexity index is 347. The van der Waals surface area contributed by atoms with Crippen LogP contribution in [0.3, 0.4) is 0 Å². The molecule has 2 aliphatic carbocycles. The molecule has 2 saturated carbocycles. The Morgan fingerprint density at radius 3 is 2.12 bits per heavy atom. The number of unbranched alkanes of at least 4 members (excludes halogenated alkanes) is 6. The minimum atomic E-state index is 0.484. The summed E-state index contributed by atoms with van der Waals surface area (Å²) in [6.45, 7) is 7.83. The zero-order valence-corrected chi connectivity index (χ0v) is 17.8. The normalized spacial score (nSPS) is 27.5. The lowest BCUT2D eigenvalue weighted by molar-refractivity contribution is 0.00340. The molecule has 2 fully saturated rings. The Kier molecular flexibility index (Phi) is 11.0. The molecular formula is C25H46O. The zero-order chi connectivity index (χ0) is 18.5. The van der Waals surface area contributed by atoms with Gasteiger partial charge in [0.15, 0.2) is 0 Å². The monoisotopic (exact) mass is 362 g/mol. The molecule has 152 valence electrons. The zero-order valence-electron chi connectivity index (χ0n) is 17.8. The van der Waals surface area contributed by atoms with Crippen molar-refractivity contribution in [3.05, 3.63) is 12.7 Å². The second kappa shape index (κ2) is 13.0. The Morgan fingerprint density at radius 1 is 0.846 bits per heavy atom. The van der Waals surface area contributed by atoms with Gasteiger partial charge in [0.25, 0.3) is 0 Å². The maximum atomic E-state index is 6.00. The van der Waals surface area contributed by atoms with E-state index in [-0.39, 0.29) is 0 Å². The molecule has 0 spiro atoms. The molecule has 0 bridgehead atoms. The predicted octanol–water partition coefficient (Wildman–Crippen LogP) is 8.09. The van der Waals surface area contributed by atoms with Crippen molar-refractivity contribution in [3.63, 3.8) is 0 Å². The number of hydrogen-bond donors (Lipinski definition) is 0. The molecule has 0 aromatic rings. The second-order valence-corrected chi connectivity index (χ2v) is 9.41. The van der Waals surface area contributed by atoms with Crippen molar-refractivity contribution in [3.8, 4) is 0 Å². The predicted molar refractivity (Wildman–Crippen MR) is 115 cm³/mol. The standard InChI is InChI=1S/C25H46O/c1-3-5-6-7-8-9-13-18-25(22-26-21-4-2)19-16-24(17-20-25)23-14-11-10-12-15-23/h4,23-24H,2-3,5-22H2,1H3/t24-,25+. The van der Waals surface area contributed by atoms with Crippen LogP contribution < -0.4 is 0 Å². The molecule has 0 radical (unpaired) electrons. The van der Waals surface area contributed by atoms with Crippen molar-refractivity contribution in [2.24, 2.45) is 17.3 Å². The highest BCUT2D eigenvalue weighted by Gasteiger charge is 2.37. The lowest BCUT2D eigenvalue weighted by Crippen LogP contribution is -2.34. The van der Waals surface area contributed by atoms with Crippen LogP contribution in [0, 0.1) is 17.3 Å². The Balaban J connectivity index is 1.73. The van der Waals surface area contributed by atoms with Gasteiger partial charge in [0, 0.05) is 0 Å². The average Bonchev–Trinajstić information content (AvgIpc) is 2.69. The summed E-state index contributed by atoms with van der Waals surface area (Å²) in [6, 6.07) is 0.